The van der Waals surface area contributed by atoms with Crippen LogP contribution < -0.4 is 10.5 Å². The lowest BCUT2D eigenvalue weighted by atomic mass is 10.1. The van der Waals surface area contributed by atoms with Crippen LogP contribution in [0.2, 0.25) is 0 Å². The van der Waals surface area contributed by atoms with Crippen molar-refractivity contribution in [2.75, 3.05) is 26.4 Å². The van der Waals surface area contributed by atoms with E-state index >= 15 is 0 Å². The third-order valence-electron chi connectivity index (χ3n) is 2.50. The van der Waals surface area contributed by atoms with E-state index in [2.05, 4.69) is 9.97 Å². The first kappa shape index (κ1) is 12.6. The van der Waals surface area contributed by atoms with Gasteiger partial charge in [-0.2, -0.15) is 9.37 Å². The molecule has 6 heteroatoms. The van der Waals surface area contributed by atoms with Gasteiger partial charge in [-0.3, -0.25) is 0 Å². The summed E-state index contributed by atoms with van der Waals surface area (Å²) in [7, 11) is 3.85. The van der Waals surface area contributed by atoms with E-state index in [1.54, 1.807) is 0 Å². The second-order valence-electron chi connectivity index (χ2n) is 4.38. The first-order chi connectivity index (χ1) is 7.33. The molecule has 0 bridgehead atoms. The highest BCUT2D eigenvalue weighted by atomic mass is 19.1. The van der Waals surface area contributed by atoms with Crippen molar-refractivity contribution in [3.63, 3.8) is 0 Å². The van der Waals surface area contributed by atoms with Crippen molar-refractivity contribution in [1.29, 1.82) is 0 Å². The standard InChI is InChI=1S/C10H17FN4O/c1-10(2,15(3)4)6-16-8-7(11)5-13-9(12)14-8/h5H,6H2,1-4H3,(H2,12,13,14). The molecule has 0 spiro atoms. The van der Waals surface area contributed by atoms with Gasteiger partial charge in [-0.1, -0.05) is 0 Å². The molecule has 0 unspecified atom stereocenters. The van der Waals surface area contributed by atoms with Gasteiger partial charge < -0.3 is 15.4 Å². The maximum absolute atomic E-state index is 13.2. The molecule has 0 atom stereocenters. The number of hydrogen-bond acceptors (Lipinski definition) is 5. The van der Waals surface area contributed by atoms with Crippen LogP contribution in [0.15, 0.2) is 6.20 Å². The SMILES string of the molecule is CN(C)C(C)(C)COc1nc(N)ncc1F. The Morgan fingerprint density at radius 1 is 1.50 bits per heavy atom. The molecule has 0 aliphatic carbocycles. The molecule has 90 valence electrons. The Hall–Kier alpha value is -1.43. The normalized spacial score (nSPS) is 11.9. The molecule has 2 N–H and O–H groups in total. The van der Waals surface area contributed by atoms with Crippen molar-refractivity contribution in [3.05, 3.63) is 12.0 Å². The summed E-state index contributed by atoms with van der Waals surface area (Å²) in [5, 5.41) is 0. The minimum atomic E-state index is -0.608. The number of likely N-dealkylation sites (N-methyl/N-ethyl adjacent to an activating group) is 1. The zero-order valence-corrected chi connectivity index (χ0v) is 9.99. The van der Waals surface area contributed by atoms with Crippen molar-refractivity contribution < 1.29 is 9.13 Å². The largest absolute Gasteiger partial charge is 0.474 e. The molecule has 0 amide bonds. The van der Waals surface area contributed by atoms with Crippen molar-refractivity contribution in [1.82, 2.24) is 14.9 Å². The highest BCUT2D eigenvalue weighted by molar-refractivity contribution is 5.22. The van der Waals surface area contributed by atoms with Crippen LogP contribution >= 0.6 is 0 Å². The fourth-order valence-corrected chi connectivity index (χ4v) is 0.840. The summed E-state index contributed by atoms with van der Waals surface area (Å²) in [6, 6.07) is 0. The van der Waals surface area contributed by atoms with Crippen LogP contribution in [0.1, 0.15) is 13.8 Å². The van der Waals surface area contributed by atoms with Crippen molar-refractivity contribution in [3.8, 4) is 5.88 Å². The topological polar surface area (TPSA) is 64.3 Å². The number of ether oxygens (including phenoxy) is 1. The Morgan fingerprint density at radius 3 is 2.69 bits per heavy atom. The summed E-state index contributed by atoms with van der Waals surface area (Å²) in [5.41, 5.74) is 5.13. The van der Waals surface area contributed by atoms with E-state index in [1.165, 1.54) is 0 Å². The lowest BCUT2D eigenvalue weighted by molar-refractivity contribution is 0.108. The molecule has 0 aliphatic heterocycles. The summed E-state index contributed by atoms with van der Waals surface area (Å²) in [5.74, 6) is -0.717. The molecule has 5 nitrogen and oxygen atoms in total. The van der Waals surface area contributed by atoms with E-state index in [9.17, 15) is 4.39 Å². The number of nitrogens with two attached hydrogens (primary N) is 1. The predicted octanol–water partition coefficient (Wildman–Crippen LogP) is 0.917. The van der Waals surface area contributed by atoms with Crippen LogP contribution in [0.5, 0.6) is 5.88 Å². The van der Waals surface area contributed by atoms with Crippen LogP contribution in [0.3, 0.4) is 0 Å². The van der Waals surface area contributed by atoms with Crippen LogP contribution in [-0.4, -0.2) is 41.1 Å². The van der Waals surface area contributed by atoms with Crippen LogP contribution in [0, 0.1) is 5.82 Å². The second-order valence-corrected chi connectivity index (χ2v) is 4.38. The average molecular weight is 228 g/mol. The minimum absolute atomic E-state index is 0.000871. The number of hydrogen-bond donors (Lipinski definition) is 1. The quantitative estimate of drug-likeness (QED) is 0.830. The molecule has 0 radical (unpaired) electrons. The maximum Gasteiger partial charge on any atom is 0.255 e. The smallest absolute Gasteiger partial charge is 0.255 e. The molecule has 1 heterocycles. The second kappa shape index (κ2) is 4.61. The maximum atomic E-state index is 13.2. The van der Waals surface area contributed by atoms with Crippen molar-refractivity contribution >= 4 is 5.95 Å². The fourth-order valence-electron chi connectivity index (χ4n) is 0.840. The van der Waals surface area contributed by atoms with Gasteiger partial charge in [0, 0.05) is 5.54 Å². The molecular formula is C10H17FN4O. The lowest BCUT2D eigenvalue weighted by Gasteiger charge is -2.31. The Kier molecular flexibility index (Phi) is 3.64. The lowest BCUT2D eigenvalue weighted by Crippen LogP contribution is -2.43. The van der Waals surface area contributed by atoms with E-state index in [0.717, 1.165) is 6.20 Å². The van der Waals surface area contributed by atoms with Gasteiger partial charge in [-0.15, -0.1) is 0 Å². The van der Waals surface area contributed by atoms with Gasteiger partial charge in [0.2, 0.25) is 11.8 Å². The molecule has 1 rings (SSSR count). The molecule has 1 aromatic rings. The zero-order valence-electron chi connectivity index (χ0n) is 9.99. The average Bonchev–Trinajstić information content (AvgIpc) is 2.19. The van der Waals surface area contributed by atoms with Gasteiger partial charge in [0.05, 0.1) is 6.20 Å². The zero-order chi connectivity index (χ0) is 12.3. The highest BCUT2D eigenvalue weighted by Crippen LogP contribution is 2.17. The summed E-state index contributed by atoms with van der Waals surface area (Å²) in [6.07, 6.45) is 1.00. The number of halogens is 1. The van der Waals surface area contributed by atoms with Gasteiger partial charge in [-0.25, -0.2) is 4.98 Å². The summed E-state index contributed by atoms with van der Waals surface area (Å²) >= 11 is 0. The van der Waals surface area contributed by atoms with Gasteiger partial charge in [0.15, 0.2) is 0 Å². The van der Waals surface area contributed by atoms with Crippen LogP contribution in [0.25, 0.3) is 0 Å². The molecule has 0 fully saturated rings. The summed E-state index contributed by atoms with van der Waals surface area (Å²) in [6.45, 7) is 4.28. The Bertz CT molecular complexity index is 368. The Labute approximate surface area is 94.4 Å². The van der Waals surface area contributed by atoms with E-state index < -0.39 is 5.82 Å². The fraction of sp³-hybridized carbons (Fsp3) is 0.600. The highest BCUT2D eigenvalue weighted by Gasteiger charge is 2.22. The molecule has 0 aromatic carbocycles. The predicted molar refractivity (Wildman–Crippen MR) is 59.7 cm³/mol. The third kappa shape index (κ3) is 3.03. The van der Waals surface area contributed by atoms with Crippen molar-refractivity contribution in [2.24, 2.45) is 0 Å². The van der Waals surface area contributed by atoms with E-state index in [0.29, 0.717) is 6.61 Å². The van der Waals surface area contributed by atoms with Gasteiger partial charge in [0.1, 0.15) is 6.61 Å². The van der Waals surface area contributed by atoms with Gasteiger partial charge in [0.25, 0.3) is 5.88 Å². The number of rotatable bonds is 4. The Morgan fingerprint density at radius 2 is 2.12 bits per heavy atom. The molecule has 0 aliphatic rings. The molecule has 1 aromatic heterocycles. The summed E-state index contributed by atoms with van der Waals surface area (Å²) < 4.78 is 18.5. The first-order valence-electron chi connectivity index (χ1n) is 4.91. The first-order valence-corrected chi connectivity index (χ1v) is 4.91. The molecule has 0 saturated heterocycles. The molecular weight excluding hydrogens is 211 g/mol. The van der Waals surface area contributed by atoms with E-state index in [-0.39, 0.29) is 17.4 Å². The number of aromatic nitrogens is 2. The third-order valence-corrected chi connectivity index (χ3v) is 2.50. The monoisotopic (exact) mass is 228 g/mol. The number of nitrogens with zero attached hydrogens (tertiary/aromatic N) is 3. The van der Waals surface area contributed by atoms with Crippen molar-refractivity contribution in [2.45, 2.75) is 19.4 Å². The van der Waals surface area contributed by atoms with E-state index in [1.807, 2.05) is 32.8 Å². The van der Waals surface area contributed by atoms with Crippen LogP contribution in [0.4, 0.5) is 10.3 Å². The molecule has 0 saturated carbocycles. The van der Waals surface area contributed by atoms with E-state index in [4.69, 9.17) is 10.5 Å². The summed E-state index contributed by atoms with van der Waals surface area (Å²) in [4.78, 5) is 9.19. The Balaban J connectivity index is 2.71. The van der Waals surface area contributed by atoms with Gasteiger partial charge >= 0.3 is 0 Å². The molecule has 16 heavy (non-hydrogen) atoms. The van der Waals surface area contributed by atoms with Crippen LogP contribution in [-0.2, 0) is 0 Å². The number of anilines is 1. The minimum Gasteiger partial charge on any atom is -0.474 e. The number of nitrogen functional groups attached to an aromatic ring is 1. The van der Waals surface area contributed by atoms with Gasteiger partial charge in [-0.05, 0) is 27.9 Å².